The fraction of sp³-hybridized carbons (Fsp3) is 0.615. The van der Waals surface area contributed by atoms with E-state index in [2.05, 4.69) is 16.9 Å². The van der Waals surface area contributed by atoms with E-state index in [1.165, 1.54) is 37.1 Å². The van der Waals surface area contributed by atoms with Gasteiger partial charge in [0.05, 0.1) is 6.61 Å². The molecule has 5 nitrogen and oxygen atoms in total. The van der Waals surface area contributed by atoms with E-state index < -0.39 is 5.97 Å². The lowest BCUT2D eigenvalue weighted by Gasteiger charge is -2.03. The summed E-state index contributed by atoms with van der Waals surface area (Å²) in [6.07, 6.45) is 4.66. The van der Waals surface area contributed by atoms with Crippen LogP contribution >= 0.6 is 11.8 Å². The van der Waals surface area contributed by atoms with Crippen molar-refractivity contribution in [3.8, 4) is 0 Å². The molecular weight excluding hydrogens is 264 g/mol. The number of rotatable bonds is 8. The first-order valence-electron chi connectivity index (χ1n) is 6.58. The van der Waals surface area contributed by atoms with Crippen molar-refractivity contribution in [2.75, 3.05) is 12.4 Å². The van der Waals surface area contributed by atoms with Gasteiger partial charge in [-0.1, -0.05) is 37.9 Å². The summed E-state index contributed by atoms with van der Waals surface area (Å²) in [5, 5.41) is 0.479. The number of unbranched alkanes of at least 4 members (excludes halogenated alkanes) is 3. The number of carbonyl (C=O) groups excluding carboxylic acids is 1. The molecule has 19 heavy (non-hydrogen) atoms. The van der Waals surface area contributed by atoms with Crippen LogP contribution in [0.2, 0.25) is 0 Å². The van der Waals surface area contributed by atoms with E-state index in [9.17, 15) is 9.59 Å². The van der Waals surface area contributed by atoms with Crippen molar-refractivity contribution in [3.05, 3.63) is 22.1 Å². The van der Waals surface area contributed by atoms with Crippen molar-refractivity contribution in [2.45, 2.75) is 44.7 Å². The number of esters is 1. The predicted molar refractivity (Wildman–Crippen MR) is 75.7 cm³/mol. The molecule has 1 rings (SSSR count). The van der Waals surface area contributed by atoms with Crippen LogP contribution < -0.4 is 5.56 Å². The molecule has 0 fully saturated rings. The Balaban J connectivity index is 2.58. The fourth-order valence-corrected chi connectivity index (χ4v) is 2.39. The molecule has 0 saturated carbocycles. The zero-order valence-corrected chi connectivity index (χ0v) is 12.2. The molecule has 0 aromatic carbocycles. The third-order valence-corrected chi connectivity index (χ3v) is 3.40. The van der Waals surface area contributed by atoms with E-state index in [4.69, 9.17) is 4.74 Å². The molecule has 6 heteroatoms. The standard InChI is InChI=1S/C13H20N2O3S/c1-3-5-6-7-8-19-13-14-10(9-11(16)15-13)12(17)18-4-2/h9H,3-8H2,1-2H3,(H,14,15,16). The summed E-state index contributed by atoms with van der Waals surface area (Å²) in [6, 6.07) is 1.17. The average molecular weight is 284 g/mol. The van der Waals surface area contributed by atoms with Gasteiger partial charge < -0.3 is 9.72 Å². The van der Waals surface area contributed by atoms with Gasteiger partial charge >= 0.3 is 5.97 Å². The summed E-state index contributed by atoms with van der Waals surface area (Å²) in [4.78, 5) is 29.7. The molecule has 0 aliphatic carbocycles. The third kappa shape index (κ3) is 5.92. The number of H-pyrrole nitrogens is 1. The monoisotopic (exact) mass is 284 g/mol. The number of aromatic nitrogens is 2. The second kappa shape index (κ2) is 8.74. The Morgan fingerprint density at radius 2 is 2.16 bits per heavy atom. The van der Waals surface area contributed by atoms with E-state index in [-0.39, 0.29) is 17.9 Å². The van der Waals surface area contributed by atoms with E-state index in [1.54, 1.807) is 6.92 Å². The minimum absolute atomic E-state index is 0.0710. The molecule has 0 aliphatic heterocycles. The minimum atomic E-state index is -0.554. The van der Waals surface area contributed by atoms with Gasteiger partial charge in [0.15, 0.2) is 10.9 Å². The fourth-order valence-electron chi connectivity index (χ4n) is 1.51. The average Bonchev–Trinajstić information content (AvgIpc) is 2.38. The molecule has 0 bridgehead atoms. The Kier molecular flexibility index (Phi) is 7.25. The lowest BCUT2D eigenvalue weighted by Crippen LogP contribution is -2.15. The zero-order chi connectivity index (χ0) is 14.1. The smallest absolute Gasteiger partial charge is 0.357 e. The van der Waals surface area contributed by atoms with Crippen LogP contribution in [0.4, 0.5) is 0 Å². The molecule has 0 unspecified atom stereocenters. The van der Waals surface area contributed by atoms with Gasteiger partial charge in [0, 0.05) is 11.8 Å². The molecule has 0 saturated heterocycles. The summed E-state index contributed by atoms with van der Waals surface area (Å²) in [5.41, 5.74) is -0.254. The Bertz CT molecular complexity index is 459. The molecule has 1 aromatic heterocycles. The molecule has 0 spiro atoms. The highest BCUT2D eigenvalue weighted by molar-refractivity contribution is 7.99. The maximum Gasteiger partial charge on any atom is 0.357 e. The number of carbonyl (C=O) groups is 1. The van der Waals surface area contributed by atoms with Crippen molar-refractivity contribution in [1.82, 2.24) is 9.97 Å². The highest BCUT2D eigenvalue weighted by Gasteiger charge is 2.11. The van der Waals surface area contributed by atoms with Crippen LogP contribution in [-0.2, 0) is 4.74 Å². The van der Waals surface area contributed by atoms with Gasteiger partial charge in [-0.3, -0.25) is 4.79 Å². The largest absolute Gasteiger partial charge is 0.461 e. The van der Waals surface area contributed by atoms with Crippen LogP contribution in [0, 0.1) is 0 Å². The molecule has 106 valence electrons. The number of aromatic amines is 1. The second-order valence-electron chi connectivity index (χ2n) is 4.07. The first-order valence-corrected chi connectivity index (χ1v) is 7.57. The van der Waals surface area contributed by atoms with Crippen LogP contribution in [0.3, 0.4) is 0 Å². The van der Waals surface area contributed by atoms with Crippen molar-refractivity contribution in [1.29, 1.82) is 0 Å². The zero-order valence-electron chi connectivity index (χ0n) is 11.4. The van der Waals surface area contributed by atoms with Gasteiger partial charge in [-0.25, -0.2) is 9.78 Å². The van der Waals surface area contributed by atoms with Gasteiger partial charge in [-0.05, 0) is 13.3 Å². The SMILES string of the molecule is CCCCCCSc1nc(C(=O)OCC)cc(=O)[nH]1. The van der Waals surface area contributed by atoms with E-state index in [0.717, 1.165) is 12.2 Å². The summed E-state index contributed by atoms with van der Waals surface area (Å²) in [5.74, 6) is 0.330. The summed E-state index contributed by atoms with van der Waals surface area (Å²) < 4.78 is 4.83. The normalized spacial score (nSPS) is 10.4. The topological polar surface area (TPSA) is 72.0 Å². The summed E-state index contributed by atoms with van der Waals surface area (Å²) in [7, 11) is 0. The van der Waals surface area contributed by atoms with Crippen LogP contribution in [0.25, 0.3) is 0 Å². The number of ether oxygens (including phenoxy) is 1. The number of hydrogen-bond donors (Lipinski definition) is 1. The van der Waals surface area contributed by atoms with E-state index in [0.29, 0.717) is 5.16 Å². The Hall–Kier alpha value is -1.30. The number of nitrogens with zero attached hydrogens (tertiary/aromatic N) is 1. The molecule has 1 aromatic rings. The number of thioether (sulfide) groups is 1. The molecule has 0 aliphatic rings. The Labute approximate surface area is 117 Å². The van der Waals surface area contributed by atoms with Crippen molar-refractivity contribution in [3.63, 3.8) is 0 Å². The van der Waals surface area contributed by atoms with Crippen LogP contribution in [0.1, 0.15) is 50.0 Å². The lowest BCUT2D eigenvalue weighted by atomic mass is 10.2. The van der Waals surface area contributed by atoms with Gasteiger partial charge in [0.25, 0.3) is 5.56 Å². The number of nitrogens with one attached hydrogen (secondary N) is 1. The Morgan fingerprint density at radius 1 is 1.37 bits per heavy atom. The van der Waals surface area contributed by atoms with Crippen LogP contribution in [-0.4, -0.2) is 28.3 Å². The first-order chi connectivity index (χ1) is 9.17. The van der Waals surface area contributed by atoms with E-state index in [1.807, 2.05) is 0 Å². The van der Waals surface area contributed by atoms with Gasteiger partial charge in [0.2, 0.25) is 0 Å². The van der Waals surface area contributed by atoms with Crippen LogP contribution in [0.5, 0.6) is 0 Å². The van der Waals surface area contributed by atoms with Crippen molar-refractivity contribution in [2.24, 2.45) is 0 Å². The van der Waals surface area contributed by atoms with Gasteiger partial charge in [0.1, 0.15) is 0 Å². The highest BCUT2D eigenvalue weighted by Crippen LogP contribution is 2.14. The maximum absolute atomic E-state index is 11.5. The van der Waals surface area contributed by atoms with Crippen molar-refractivity contribution >= 4 is 17.7 Å². The first kappa shape index (κ1) is 15.8. The minimum Gasteiger partial charge on any atom is -0.461 e. The van der Waals surface area contributed by atoms with Gasteiger partial charge in [-0.2, -0.15) is 0 Å². The van der Waals surface area contributed by atoms with Crippen LogP contribution in [0.15, 0.2) is 16.0 Å². The van der Waals surface area contributed by atoms with Gasteiger partial charge in [-0.15, -0.1) is 0 Å². The second-order valence-corrected chi connectivity index (χ2v) is 5.15. The molecule has 1 heterocycles. The van der Waals surface area contributed by atoms with E-state index >= 15 is 0 Å². The Morgan fingerprint density at radius 3 is 2.84 bits per heavy atom. The summed E-state index contributed by atoms with van der Waals surface area (Å²) in [6.45, 7) is 4.15. The molecule has 1 N–H and O–H groups in total. The predicted octanol–water partition coefficient (Wildman–Crippen LogP) is 2.62. The maximum atomic E-state index is 11.5. The molecule has 0 amide bonds. The molecule has 0 atom stereocenters. The molecule has 0 radical (unpaired) electrons. The lowest BCUT2D eigenvalue weighted by molar-refractivity contribution is 0.0518. The quantitative estimate of drug-likeness (QED) is 0.344. The summed E-state index contributed by atoms with van der Waals surface area (Å²) >= 11 is 1.46. The van der Waals surface area contributed by atoms with Crippen molar-refractivity contribution < 1.29 is 9.53 Å². The number of hydrogen-bond acceptors (Lipinski definition) is 5. The highest BCUT2D eigenvalue weighted by atomic mass is 32.2. The third-order valence-electron chi connectivity index (χ3n) is 2.44. The molecular formula is C13H20N2O3S.